The van der Waals surface area contributed by atoms with Crippen LogP contribution in [0.3, 0.4) is 0 Å². The largest absolute Gasteiger partial charge is 0.492 e. The van der Waals surface area contributed by atoms with Crippen LogP contribution in [0, 0.1) is 5.92 Å². The zero-order valence-corrected chi connectivity index (χ0v) is 10.9. The van der Waals surface area contributed by atoms with Crippen LogP contribution in [0.2, 0.25) is 0 Å². The van der Waals surface area contributed by atoms with Crippen molar-refractivity contribution in [2.75, 3.05) is 6.61 Å². The maximum absolute atomic E-state index is 11.1. The Morgan fingerprint density at radius 2 is 2.06 bits per heavy atom. The molecule has 1 aromatic rings. The molecule has 0 aliphatic heterocycles. The molecule has 0 fully saturated rings. The molecule has 1 rings (SSSR count). The van der Waals surface area contributed by atoms with Gasteiger partial charge in [-0.2, -0.15) is 0 Å². The predicted molar refractivity (Wildman–Crippen MR) is 65.1 cm³/mol. The number of sulfonamides is 1. The summed E-state index contributed by atoms with van der Waals surface area (Å²) in [6.07, 6.45) is 0. The molecule has 0 bridgehead atoms. The van der Waals surface area contributed by atoms with E-state index >= 15 is 0 Å². The molecule has 0 saturated carbocycles. The van der Waals surface area contributed by atoms with Gasteiger partial charge >= 0.3 is 5.97 Å². The second-order valence-electron chi connectivity index (χ2n) is 4.21. The van der Waals surface area contributed by atoms with E-state index in [9.17, 15) is 13.2 Å². The maximum Gasteiger partial charge on any atom is 0.339 e. The van der Waals surface area contributed by atoms with Crippen LogP contribution in [0.1, 0.15) is 24.2 Å². The topological polar surface area (TPSA) is 107 Å². The standard InChI is InChI=1S/C11H15NO5S/c1-7(2)6-17-10-4-3-8(18(12,15)16)5-9(10)11(13)14/h3-5,7H,6H2,1-2H3,(H,13,14)(H2,12,15,16). The molecular weight excluding hydrogens is 258 g/mol. The van der Waals surface area contributed by atoms with Crippen LogP contribution in [0.5, 0.6) is 5.75 Å². The third-order valence-corrected chi connectivity index (χ3v) is 2.99. The number of carboxylic acid groups (broad SMARTS) is 1. The van der Waals surface area contributed by atoms with Gasteiger partial charge in [0.15, 0.2) is 0 Å². The molecule has 6 nitrogen and oxygen atoms in total. The average Bonchev–Trinajstić information content (AvgIpc) is 2.24. The summed E-state index contributed by atoms with van der Waals surface area (Å²) in [5, 5.41) is 13.9. The second-order valence-corrected chi connectivity index (χ2v) is 5.77. The number of carboxylic acids is 1. The smallest absolute Gasteiger partial charge is 0.339 e. The van der Waals surface area contributed by atoms with Gasteiger partial charge in [-0.25, -0.2) is 18.4 Å². The Labute approximate surface area is 105 Å². The number of rotatable bonds is 5. The van der Waals surface area contributed by atoms with Gasteiger partial charge in [-0.15, -0.1) is 0 Å². The first-order valence-electron chi connectivity index (χ1n) is 5.24. The second kappa shape index (κ2) is 5.36. The van der Waals surface area contributed by atoms with E-state index in [0.717, 1.165) is 6.07 Å². The van der Waals surface area contributed by atoms with Gasteiger partial charge in [-0.1, -0.05) is 13.8 Å². The number of hydrogen-bond donors (Lipinski definition) is 2. The van der Waals surface area contributed by atoms with Crippen molar-refractivity contribution in [3.8, 4) is 5.75 Å². The number of carbonyl (C=O) groups is 1. The van der Waals surface area contributed by atoms with E-state index in [4.69, 9.17) is 15.0 Å². The van der Waals surface area contributed by atoms with Crippen LogP contribution in [-0.4, -0.2) is 26.1 Å². The Bertz CT molecular complexity index is 551. The first-order valence-corrected chi connectivity index (χ1v) is 6.79. The molecule has 0 unspecified atom stereocenters. The van der Waals surface area contributed by atoms with E-state index in [0.29, 0.717) is 6.61 Å². The highest BCUT2D eigenvalue weighted by Crippen LogP contribution is 2.22. The Morgan fingerprint density at radius 3 is 2.50 bits per heavy atom. The van der Waals surface area contributed by atoms with Crippen molar-refractivity contribution >= 4 is 16.0 Å². The Kier molecular flexibility index (Phi) is 4.31. The van der Waals surface area contributed by atoms with Gasteiger partial charge < -0.3 is 9.84 Å². The Hall–Kier alpha value is -1.60. The molecule has 0 aromatic heterocycles. The lowest BCUT2D eigenvalue weighted by atomic mass is 10.2. The molecule has 0 aliphatic carbocycles. The third kappa shape index (κ3) is 3.71. The van der Waals surface area contributed by atoms with Crippen LogP contribution in [0.4, 0.5) is 0 Å². The summed E-state index contributed by atoms with van der Waals surface area (Å²) in [5.74, 6) is -0.910. The quantitative estimate of drug-likeness (QED) is 0.834. The number of ether oxygens (including phenoxy) is 1. The minimum absolute atomic E-state index is 0.128. The monoisotopic (exact) mass is 273 g/mol. The summed E-state index contributed by atoms with van der Waals surface area (Å²) in [7, 11) is -3.93. The van der Waals surface area contributed by atoms with Crippen molar-refractivity contribution in [1.29, 1.82) is 0 Å². The predicted octanol–water partition coefficient (Wildman–Crippen LogP) is 1.07. The first kappa shape index (κ1) is 14.5. The van der Waals surface area contributed by atoms with Crippen molar-refractivity contribution in [1.82, 2.24) is 0 Å². The zero-order valence-electron chi connectivity index (χ0n) is 10.1. The van der Waals surface area contributed by atoms with Crippen molar-refractivity contribution in [3.63, 3.8) is 0 Å². The number of hydrogen-bond acceptors (Lipinski definition) is 4. The third-order valence-electron chi connectivity index (χ3n) is 2.08. The molecule has 0 amide bonds. The molecule has 0 aliphatic rings. The highest BCUT2D eigenvalue weighted by Gasteiger charge is 2.17. The first-order chi connectivity index (χ1) is 8.21. The highest BCUT2D eigenvalue weighted by atomic mass is 32.2. The van der Waals surface area contributed by atoms with Gasteiger partial charge in [-0.3, -0.25) is 0 Å². The summed E-state index contributed by atoms with van der Waals surface area (Å²) >= 11 is 0. The van der Waals surface area contributed by atoms with E-state index in [1.807, 2.05) is 13.8 Å². The minimum Gasteiger partial charge on any atom is -0.492 e. The zero-order chi connectivity index (χ0) is 13.9. The molecule has 7 heteroatoms. The van der Waals surface area contributed by atoms with Gasteiger partial charge in [0.2, 0.25) is 10.0 Å². The molecule has 0 saturated heterocycles. The molecule has 0 spiro atoms. The van der Waals surface area contributed by atoms with Crippen LogP contribution in [0.25, 0.3) is 0 Å². The van der Waals surface area contributed by atoms with E-state index < -0.39 is 16.0 Å². The molecule has 0 heterocycles. The Balaban J connectivity index is 3.17. The van der Waals surface area contributed by atoms with Crippen molar-refractivity contribution in [3.05, 3.63) is 23.8 Å². The summed E-state index contributed by atoms with van der Waals surface area (Å²) in [4.78, 5) is 10.8. The number of primary sulfonamides is 1. The summed E-state index contributed by atoms with van der Waals surface area (Å²) in [6.45, 7) is 4.17. The van der Waals surface area contributed by atoms with Crippen molar-refractivity contribution in [2.24, 2.45) is 11.1 Å². The van der Waals surface area contributed by atoms with Gasteiger partial charge in [0.1, 0.15) is 11.3 Å². The van der Waals surface area contributed by atoms with Crippen LogP contribution < -0.4 is 9.88 Å². The summed E-state index contributed by atoms with van der Waals surface area (Å²) < 4.78 is 27.6. The Morgan fingerprint density at radius 1 is 1.44 bits per heavy atom. The van der Waals surface area contributed by atoms with E-state index in [1.165, 1.54) is 12.1 Å². The molecule has 100 valence electrons. The molecular formula is C11H15NO5S. The van der Waals surface area contributed by atoms with Gasteiger partial charge in [0, 0.05) is 0 Å². The lowest BCUT2D eigenvalue weighted by Crippen LogP contribution is -2.14. The highest BCUT2D eigenvalue weighted by molar-refractivity contribution is 7.89. The molecule has 3 N–H and O–H groups in total. The number of nitrogens with two attached hydrogens (primary N) is 1. The fourth-order valence-electron chi connectivity index (χ4n) is 1.24. The van der Waals surface area contributed by atoms with E-state index in [1.54, 1.807) is 0 Å². The molecule has 0 radical (unpaired) electrons. The summed E-state index contributed by atoms with van der Waals surface area (Å²) in [5.41, 5.74) is -0.220. The minimum atomic E-state index is -3.93. The van der Waals surface area contributed by atoms with Crippen LogP contribution in [-0.2, 0) is 10.0 Å². The number of benzene rings is 1. The van der Waals surface area contributed by atoms with Gasteiger partial charge in [0.25, 0.3) is 0 Å². The maximum atomic E-state index is 11.1. The molecule has 18 heavy (non-hydrogen) atoms. The van der Waals surface area contributed by atoms with Crippen LogP contribution in [0.15, 0.2) is 23.1 Å². The van der Waals surface area contributed by atoms with Gasteiger partial charge in [-0.05, 0) is 24.1 Å². The van der Waals surface area contributed by atoms with Gasteiger partial charge in [0.05, 0.1) is 11.5 Å². The van der Waals surface area contributed by atoms with Crippen molar-refractivity contribution < 1.29 is 23.1 Å². The van der Waals surface area contributed by atoms with E-state index in [-0.39, 0.29) is 22.1 Å². The average molecular weight is 273 g/mol. The SMILES string of the molecule is CC(C)COc1ccc(S(N)(=O)=O)cc1C(=O)O. The summed E-state index contributed by atoms with van der Waals surface area (Å²) in [6, 6.07) is 3.51. The fraction of sp³-hybridized carbons (Fsp3) is 0.364. The van der Waals surface area contributed by atoms with Crippen LogP contribution >= 0.6 is 0 Å². The molecule has 1 aromatic carbocycles. The van der Waals surface area contributed by atoms with Crippen molar-refractivity contribution in [2.45, 2.75) is 18.7 Å². The van der Waals surface area contributed by atoms with E-state index in [2.05, 4.69) is 0 Å². The lowest BCUT2D eigenvalue weighted by molar-refractivity contribution is 0.0691. The number of aromatic carboxylic acids is 1. The lowest BCUT2D eigenvalue weighted by Gasteiger charge is -2.11. The molecule has 0 atom stereocenters. The normalized spacial score (nSPS) is 11.6. The fourth-order valence-corrected chi connectivity index (χ4v) is 1.78.